The summed E-state index contributed by atoms with van der Waals surface area (Å²) in [6, 6.07) is 0. The van der Waals surface area contributed by atoms with E-state index >= 15 is 0 Å². The Morgan fingerprint density at radius 2 is 1.92 bits per heavy atom. The average molecular weight is 247 g/mol. The summed E-state index contributed by atoms with van der Waals surface area (Å²) < 4.78 is 7.92. The Labute approximate surface area is 87.2 Å². The molecule has 0 spiro atoms. The van der Waals surface area contributed by atoms with Crippen molar-refractivity contribution in [3.63, 3.8) is 0 Å². The van der Waals surface area contributed by atoms with E-state index in [9.17, 15) is 0 Å². The predicted molar refractivity (Wildman–Crippen MR) is 56.2 cm³/mol. The second kappa shape index (κ2) is 3.33. The fourth-order valence-corrected chi connectivity index (χ4v) is 2.51. The zero-order chi connectivity index (χ0) is 10.2. The molecule has 13 heavy (non-hydrogen) atoms. The Kier molecular flexibility index (Phi) is 2.71. The van der Waals surface area contributed by atoms with Crippen LogP contribution >= 0.6 is 15.9 Å². The average Bonchev–Trinajstić information content (AvgIpc) is 2.24. The molecular formula is C9H15BrN2O. The van der Waals surface area contributed by atoms with Gasteiger partial charge in [0.25, 0.3) is 0 Å². The van der Waals surface area contributed by atoms with Gasteiger partial charge < -0.3 is 4.74 Å². The molecule has 0 aliphatic rings. The highest BCUT2D eigenvalue weighted by molar-refractivity contribution is 9.10. The minimum absolute atomic E-state index is 0.0668. The topological polar surface area (TPSA) is 27.1 Å². The summed E-state index contributed by atoms with van der Waals surface area (Å²) in [6.45, 7) is 6.44. The Morgan fingerprint density at radius 1 is 1.38 bits per heavy atom. The van der Waals surface area contributed by atoms with E-state index < -0.39 is 0 Å². The molecule has 0 bridgehead atoms. The van der Waals surface area contributed by atoms with Crippen molar-refractivity contribution in [3.8, 4) is 5.88 Å². The van der Waals surface area contributed by atoms with E-state index in [1.54, 1.807) is 7.11 Å². The summed E-state index contributed by atoms with van der Waals surface area (Å²) in [5.41, 5.74) is 1.21. The Balaban J connectivity index is 3.29. The predicted octanol–water partition coefficient (Wildman–Crippen LogP) is 2.49. The molecule has 1 aromatic heterocycles. The molecule has 0 radical (unpaired) electrons. The van der Waals surface area contributed by atoms with E-state index in [4.69, 9.17) is 4.74 Å². The summed E-state index contributed by atoms with van der Waals surface area (Å²) in [6.07, 6.45) is 0. The first-order valence-corrected chi connectivity index (χ1v) is 4.94. The van der Waals surface area contributed by atoms with E-state index in [0.717, 1.165) is 10.2 Å². The number of aromatic nitrogens is 2. The maximum absolute atomic E-state index is 5.12. The van der Waals surface area contributed by atoms with Crippen LogP contribution in [-0.4, -0.2) is 16.9 Å². The van der Waals surface area contributed by atoms with Gasteiger partial charge in [-0.3, -0.25) is 4.68 Å². The standard InChI is InChI=1S/C9H15BrN2O/c1-9(2,3)7-6(10)8(13-5)11-12(7)4/h1-5H3. The molecule has 0 unspecified atom stereocenters. The summed E-state index contributed by atoms with van der Waals surface area (Å²) in [5.74, 6) is 0.646. The van der Waals surface area contributed by atoms with Crippen molar-refractivity contribution in [1.29, 1.82) is 0 Å². The lowest BCUT2D eigenvalue weighted by Crippen LogP contribution is -2.16. The van der Waals surface area contributed by atoms with Crippen LogP contribution in [0.5, 0.6) is 5.88 Å². The summed E-state index contributed by atoms with van der Waals surface area (Å²) in [4.78, 5) is 0. The van der Waals surface area contributed by atoms with Gasteiger partial charge in [-0.15, -0.1) is 5.10 Å². The van der Waals surface area contributed by atoms with Gasteiger partial charge in [-0.2, -0.15) is 0 Å². The van der Waals surface area contributed by atoms with E-state index in [0.29, 0.717) is 5.88 Å². The first-order chi connectivity index (χ1) is 5.88. The van der Waals surface area contributed by atoms with Crippen LogP contribution in [0, 0.1) is 0 Å². The summed E-state index contributed by atoms with van der Waals surface area (Å²) in [5, 5.41) is 4.24. The molecule has 0 atom stereocenters. The molecule has 0 N–H and O–H groups in total. The van der Waals surface area contributed by atoms with Crippen LogP contribution in [0.2, 0.25) is 0 Å². The first kappa shape index (κ1) is 10.6. The number of hydrogen-bond acceptors (Lipinski definition) is 2. The van der Waals surface area contributed by atoms with Crippen molar-refractivity contribution >= 4 is 15.9 Å². The Bertz CT molecular complexity index is 312. The quantitative estimate of drug-likeness (QED) is 0.762. The van der Waals surface area contributed by atoms with Crippen molar-refractivity contribution in [2.45, 2.75) is 26.2 Å². The highest BCUT2D eigenvalue weighted by Crippen LogP contribution is 2.35. The van der Waals surface area contributed by atoms with Crippen LogP contribution in [0.15, 0.2) is 4.47 Å². The second-order valence-corrected chi connectivity index (χ2v) is 4.84. The molecular weight excluding hydrogens is 232 g/mol. The zero-order valence-electron chi connectivity index (χ0n) is 8.68. The fraction of sp³-hybridized carbons (Fsp3) is 0.667. The third kappa shape index (κ3) is 1.88. The molecule has 1 aromatic rings. The van der Waals surface area contributed by atoms with Crippen LogP contribution in [0.1, 0.15) is 26.5 Å². The number of methoxy groups -OCH3 is 1. The number of hydrogen-bond donors (Lipinski definition) is 0. The van der Waals surface area contributed by atoms with Crippen molar-refractivity contribution in [3.05, 3.63) is 10.2 Å². The van der Waals surface area contributed by atoms with Gasteiger partial charge in [0, 0.05) is 12.5 Å². The van der Waals surface area contributed by atoms with Gasteiger partial charge in [0.2, 0.25) is 5.88 Å². The maximum atomic E-state index is 5.12. The van der Waals surface area contributed by atoms with Crippen LogP contribution in [0.4, 0.5) is 0 Å². The summed E-state index contributed by atoms with van der Waals surface area (Å²) in [7, 11) is 3.55. The lowest BCUT2D eigenvalue weighted by atomic mass is 9.92. The van der Waals surface area contributed by atoms with E-state index in [-0.39, 0.29) is 5.41 Å². The molecule has 1 rings (SSSR count). The van der Waals surface area contributed by atoms with Crippen LogP contribution in [0.3, 0.4) is 0 Å². The van der Waals surface area contributed by atoms with Crippen molar-refractivity contribution < 1.29 is 4.74 Å². The molecule has 0 fully saturated rings. The molecule has 0 aromatic carbocycles. The van der Waals surface area contributed by atoms with E-state index in [1.165, 1.54) is 0 Å². The normalized spacial score (nSPS) is 11.8. The molecule has 0 aliphatic heterocycles. The van der Waals surface area contributed by atoms with E-state index in [1.807, 2.05) is 11.7 Å². The number of ether oxygens (including phenoxy) is 1. The second-order valence-electron chi connectivity index (χ2n) is 4.05. The fourth-order valence-electron chi connectivity index (χ4n) is 1.42. The van der Waals surface area contributed by atoms with Crippen molar-refractivity contribution in [1.82, 2.24) is 9.78 Å². The minimum atomic E-state index is 0.0668. The van der Waals surface area contributed by atoms with Gasteiger partial charge in [0.1, 0.15) is 4.47 Å². The summed E-state index contributed by atoms with van der Waals surface area (Å²) >= 11 is 3.49. The highest BCUT2D eigenvalue weighted by atomic mass is 79.9. The molecule has 0 amide bonds. The molecule has 0 saturated heterocycles. The highest BCUT2D eigenvalue weighted by Gasteiger charge is 2.25. The monoisotopic (exact) mass is 246 g/mol. The van der Waals surface area contributed by atoms with Gasteiger partial charge in [0.15, 0.2) is 0 Å². The van der Waals surface area contributed by atoms with Gasteiger partial charge >= 0.3 is 0 Å². The maximum Gasteiger partial charge on any atom is 0.247 e. The molecule has 0 aliphatic carbocycles. The number of aryl methyl sites for hydroxylation is 1. The Morgan fingerprint density at radius 3 is 2.15 bits per heavy atom. The lowest BCUT2D eigenvalue weighted by Gasteiger charge is -2.18. The SMILES string of the molecule is COc1nn(C)c(C(C)(C)C)c1Br. The van der Waals surface area contributed by atoms with Crippen LogP contribution < -0.4 is 4.74 Å². The van der Waals surface area contributed by atoms with Gasteiger partial charge in [0.05, 0.1) is 12.8 Å². The zero-order valence-corrected chi connectivity index (χ0v) is 10.3. The minimum Gasteiger partial charge on any atom is -0.479 e. The molecule has 0 saturated carbocycles. The molecule has 3 nitrogen and oxygen atoms in total. The van der Waals surface area contributed by atoms with Gasteiger partial charge in [-0.25, -0.2) is 0 Å². The van der Waals surface area contributed by atoms with Crippen molar-refractivity contribution in [2.24, 2.45) is 7.05 Å². The number of rotatable bonds is 1. The molecule has 74 valence electrons. The first-order valence-electron chi connectivity index (χ1n) is 4.15. The number of halogens is 1. The van der Waals surface area contributed by atoms with E-state index in [2.05, 4.69) is 41.8 Å². The van der Waals surface area contributed by atoms with Crippen LogP contribution in [-0.2, 0) is 12.5 Å². The Hall–Kier alpha value is -0.510. The lowest BCUT2D eigenvalue weighted by molar-refractivity contribution is 0.389. The van der Waals surface area contributed by atoms with Gasteiger partial charge in [-0.1, -0.05) is 20.8 Å². The smallest absolute Gasteiger partial charge is 0.247 e. The molecule has 4 heteroatoms. The van der Waals surface area contributed by atoms with Gasteiger partial charge in [-0.05, 0) is 15.9 Å². The van der Waals surface area contributed by atoms with Crippen molar-refractivity contribution in [2.75, 3.05) is 7.11 Å². The third-order valence-corrected chi connectivity index (χ3v) is 2.58. The van der Waals surface area contributed by atoms with Crippen LogP contribution in [0.25, 0.3) is 0 Å². The third-order valence-electron chi connectivity index (χ3n) is 1.86. The molecule has 1 heterocycles. The largest absolute Gasteiger partial charge is 0.479 e. The number of nitrogens with zero attached hydrogens (tertiary/aromatic N) is 2.